The first-order valence-electron chi connectivity index (χ1n) is 6.40. The lowest BCUT2D eigenvalue weighted by Gasteiger charge is -2.23. The number of carbonyl (C=O) groups is 1. The van der Waals surface area contributed by atoms with Gasteiger partial charge < -0.3 is 10.6 Å². The molecule has 1 heterocycles. The molecule has 1 aromatic rings. The van der Waals surface area contributed by atoms with E-state index in [2.05, 4.69) is 17.6 Å². The topological polar surface area (TPSA) is 41.1 Å². The smallest absolute Gasteiger partial charge is 0.251 e. The number of rotatable bonds is 3. The molecule has 1 aromatic carbocycles. The van der Waals surface area contributed by atoms with Crippen LogP contribution in [0.2, 0.25) is 0 Å². The molecule has 0 spiro atoms. The largest absolute Gasteiger partial charge is 0.348 e. The van der Waals surface area contributed by atoms with Crippen LogP contribution in [0.4, 0.5) is 0 Å². The summed E-state index contributed by atoms with van der Waals surface area (Å²) in [5, 5.41) is 6.37. The van der Waals surface area contributed by atoms with Crippen LogP contribution in [0.25, 0.3) is 0 Å². The average Bonchev–Trinajstić information content (AvgIpc) is 2.40. The minimum Gasteiger partial charge on any atom is -0.348 e. The lowest BCUT2D eigenvalue weighted by atomic mass is 10.1. The van der Waals surface area contributed by atoms with E-state index in [1.54, 1.807) is 0 Å². The van der Waals surface area contributed by atoms with E-state index in [0.29, 0.717) is 0 Å². The Morgan fingerprint density at radius 1 is 1.39 bits per heavy atom. The Morgan fingerprint density at radius 2 is 2.11 bits per heavy atom. The monoisotopic (exact) mass is 268 g/mol. The van der Waals surface area contributed by atoms with Gasteiger partial charge in [-0.05, 0) is 43.5 Å². The van der Waals surface area contributed by atoms with Crippen LogP contribution >= 0.6 is 12.4 Å². The summed E-state index contributed by atoms with van der Waals surface area (Å²) < 4.78 is 0. The summed E-state index contributed by atoms with van der Waals surface area (Å²) in [4.78, 5) is 12.0. The number of piperidine rings is 1. The van der Waals surface area contributed by atoms with Gasteiger partial charge >= 0.3 is 0 Å². The Hall–Kier alpha value is -1.06. The van der Waals surface area contributed by atoms with Gasteiger partial charge in [-0.2, -0.15) is 0 Å². The number of benzene rings is 1. The molecule has 1 saturated heterocycles. The highest BCUT2D eigenvalue weighted by molar-refractivity contribution is 5.94. The van der Waals surface area contributed by atoms with Gasteiger partial charge in [-0.15, -0.1) is 12.4 Å². The van der Waals surface area contributed by atoms with Crippen molar-refractivity contribution in [3.05, 3.63) is 35.4 Å². The molecule has 2 N–H and O–H groups in total. The van der Waals surface area contributed by atoms with Crippen LogP contribution in [-0.2, 0) is 6.42 Å². The fraction of sp³-hybridized carbons (Fsp3) is 0.500. The van der Waals surface area contributed by atoms with Crippen LogP contribution < -0.4 is 10.6 Å². The second kappa shape index (κ2) is 7.39. The molecule has 100 valence electrons. The standard InChI is InChI=1S/C14H20N2O.ClH/c1-2-11-5-7-12(8-6-11)14(17)16-13-4-3-9-15-10-13;/h5-8,13,15H,2-4,9-10H2,1H3,(H,16,17);1H/t13-;/m0./s1. The summed E-state index contributed by atoms with van der Waals surface area (Å²) in [5.74, 6) is 0.0429. The van der Waals surface area contributed by atoms with Crippen molar-refractivity contribution in [3.63, 3.8) is 0 Å². The van der Waals surface area contributed by atoms with Crippen LogP contribution in [0.3, 0.4) is 0 Å². The van der Waals surface area contributed by atoms with Crippen LogP contribution in [-0.4, -0.2) is 25.0 Å². The maximum atomic E-state index is 12.0. The molecule has 18 heavy (non-hydrogen) atoms. The van der Waals surface area contributed by atoms with E-state index < -0.39 is 0 Å². The normalized spacial score (nSPS) is 18.8. The predicted molar refractivity (Wildman–Crippen MR) is 76.4 cm³/mol. The number of nitrogens with one attached hydrogen (secondary N) is 2. The quantitative estimate of drug-likeness (QED) is 0.882. The molecule has 0 saturated carbocycles. The van der Waals surface area contributed by atoms with Gasteiger partial charge in [-0.3, -0.25) is 4.79 Å². The molecule has 1 fully saturated rings. The Balaban J connectivity index is 0.00000162. The highest BCUT2D eigenvalue weighted by atomic mass is 35.5. The second-order valence-corrected chi connectivity index (χ2v) is 4.57. The summed E-state index contributed by atoms with van der Waals surface area (Å²) in [7, 11) is 0. The molecule has 0 aliphatic carbocycles. The molecular weight excluding hydrogens is 248 g/mol. The molecule has 0 radical (unpaired) electrons. The first-order chi connectivity index (χ1) is 8.29. The minimum absolute atomic E-state index is 0. The zero-order valence-electron chi connectivity index (χ0n) is 10.7. The van der Waals surface area contributed by atoms with Gasteiger partial charge in [0.1, 0.15) is 0 Å². The number of halogens is 1. The van der Waals surface area contributed by atoms with Gasteiger partial charge in [0.15, 0.2) is 0 Å². The molecule has 0 unspecified atom stereocenters. The Kier molecular flexibility index (Phi) is 6.16. The SMILES string of the molecule is CCc1ccc(C(=O)N[C@H]2CCCNC2)cc1.Cl. The zero-order valence-corrected chi connectivity index (χ0v) is 11.6. The predicted octanol–water partition coefficient (Wildman–Crippen LogP) is 2.15. The number of hydrogen-bond acceptors (Lipinski definition) is 2. The van der Waals surface area contributed by atoms with Crippen LogP contribution in [0.15, 0.2) is 24.3 Å². The maximum absolute atomic E-state index is 12.0. The summed E-state index contributed by atoms with van der Waals surface area (Å²) >= 11 is 0. The summed E-state index contributed by atoms with van der Waals surface area (Å²) in [5.41, 5.74) is 2.02. The molecule has 4 heteroatoms. The molecule has 0 bridgehead atoms. The molecule has 1 atom stereocenters. The van der Waals surface area contributed by atoms with Crippen molar-refractivity contribution in [1.82, 2.24) is 10.6 Å². The molecule has 1 aliphatic rings. The summed E-state index contributed by atoms with van der Waals surface area (Å²) in [6, 6.07) is 8.14. The molecule has 3 nitrogen and oxygen atoms in total. The Bertz CT molecular complexity index is 372. The fourth-order valence-corrected chi connectivity index (χ4v) is 2.14. The number of hydrogen-bond donors (Lipinski definition) is 2. The van der Waals surface area contributed by atoms with Crippen molar-refractivity contribution in [2.24, 2.45) is 0 Å². The molecule has 1 aliphatic heterocycles. The van der Waals surface area contributed by atoms with E-state index in [9.17, 15) is 4.79 Å². The van der Waals surface area contributed by atoms with Crippen LogP contribution in [0.1, 0.15) is 35.7 Å². The molecular formula is C14H21ClN2O. The van der Waals surface area contributed by atoms with Crippen molar-refractivity contribution >= 4 is 18.3 Å². The van der Waals surface area contributed by atoms with E-state index >= 15 is 0 Å². The third-order valence-electron chi connectivity index (χ3n) is 3.26. The molecule has 0 aromatic heterocycles. The van der Waals surface area contributed by atoms with Crippen molar-refractivity contribution in [1.29, 1.82) is 0 Å². The van der Waals surface area contributed by atoms with E-state index in [0.717, 1.165) is 37.9 Å². The second-order valence-electron chi connectivity index (χ2n) is 4.57. The lowest BCUT2D eigenvalue weighted by Crippen LogP contribution is -2.45. The molecule has 2 rings (SSSR count). The summed E-state index contributed by atoms with van der Waals surface area (Å²) in [6.07, 6.45) is 3.22. The zero-order chi connectivity index (χ0) is 12.1. The Labute approximate surface area is 115 Å². The third kappa shape index (κ3) is 4.00. The third-order valence-corrected chi connectivity index (χ3v) is 3.26. The Morgan fingerprint density at radius 3 is 2.67 bits per heavy atom. The van der Waals surface area contributed by atoms with E-state index in [4.69, 9.17) is 0 Å². The van der Waals surface area contributed by atoms with Crippen LogP contribution in [0.5, 0.6) is 0 Å². The van der Waals surface area contributed by atoms with E-state index in [-0.39, 0.29) is 24.4 Å². The number of amides is 1. The van der Waals surface area contributed by atoms with E-state index in [1.807, 2.05) is 24.3 Å². The number of aryl methyl sites for hydroxylation is 1. The maximum Gasteiger partial charge on any atom is 0.251 e. The van der Waals surface area contributed by atoms with Crippen LogP contribution in [0, 0.1) is 0 Å². The van der Waals surface area contributed by atoms with E-state index in [1.165, 1.54) is 5.56 Å². The minimum atomic E-state index is 0. The van der Waals surface area contributed by atoms with Gasteiger partial charge in [-0.1, -0.05) is 19.1 Å². The fourth-order valence-electron chi connectivity index (χ4n) is 2.14. The van der Waals surface area contributed by atoms with Crippen molar-refractivity contribution in [2.45, 2.75) is 32.2 Å². The van der Waals surface area contributed by atoms with Crippen molar-refractivity contribution in [3.8, 4) is 0 Å². The average molecular weight is 269 g/mol. The first-order valence-corrected chi connectivity index (χ1v) is 6.40. The van der Waals surface area contributed by atoms with Gasteiger partial charge in [-0.25, -0.2) is 0 Å². The van der Waals surface area contributed by atoms with Crippen molar-refractivity contribution < 1.29 is 4.79 Å². The lowest BCUT2D eigenvalue weighted by molar-refractivity contribution is 0.0930. The highest BCUT2D eigenvalue weighted by Gasteiger charge is 2.15. The van der Waals surface area contributed by atoms with Gasteiger partial charge in [0.2, 0.25) is 0 Å². The first kappa shape index (κ1) is 15.0. The summed E-state index contributed by atoms with van der Waals surface area (Å²) in [6.45, 7) is 4.07. The number of carbonyl (C=O) groups excluding carboxylic acids is 1. The molecule has 1 amide bonds. The highest BCUT2D eigenvalue weighted by Crippen LogP contribution is 2.07. The van der Waals surface area contributed by atoms with Gasteiger partial charge in [0.05, 0.1) is 0 Å². The van der Waals surface area contributed by atoms with Gasteiger partial charge in [0, 0.05) is 18.2 Å². The van der Waals surface area contributed by atoms with Crippen molar-refractivity contribution in [2.75, 3.05) is 13.1 Å². The van der Waals surface area contributed by atoms with Gasteiger partial charge in [0.25, 0.3) is 5.91 Å².